The minimum Gasteiger partial charge on any atom is -0.382 e. The van der Waals surface area contributed by atoms with Gasteiger partial charge < -0.3 is 20.4 Å². The summed E-state index contributed by atoms with van der Waals surface area (Å²) in [5, 5.41) is 7.19. The molecule has 3 N–H and O–H groups in total. The van der Waals surface area contributed by atoms with Crippen molar-refractivity contribution in [1.82, 2.24) is 9.97 Å². The molecule has 1 aliphatic carbocycles. The average Bonchev–Trinajstić information content (AvgIpc) is 3.47. The highest BCUT2D eigenvalue weighted by Crippen LogP contribution is 2.42. The quantitative estimate of drug-likeness (QED) is 0.536. The Kier molecular flexibility index (Phi) is 4.34. The van der Waals surface area contributed by atoms with E-state index >= 15 is 0 Å². The first-order valence-corrected chi connectivity index (χ1v) is 10.2. The number of anilines is 2. The third kappa shape index (κ3) is 2.97. The molecule has 5 rings (SSSR count). The highest BCUT2D eigenvalue weighted by molar-refractivity contribution is 6.36. The second-order valence-corrected chi connectivity index (χ2v) is 8.57. The third-order valence-electron chi connectivity index (χ3n) is 5.82. The first kappa shape index (κ1) is 19.1. The maximum Gasteiger partial charge on any atom is 0.252 e. The zero-order chi connectivity index (χ0) is 21.0. The van der Waals surface area contributed by atoms with E-state index in [9.17, 15) is 9.59 Å². The summed E-state index contributed by atoms with van der Waals surface area (Å²) in [5.41, 5.74) is 2.79. The van der Waals surface area contributed by atoms with Crippen molar-refractivity contribution < 1.29 is 14.3 Å². The molecule has 3 aromatic rings. The molecule has 1 saturated carbocycles. The molecular formula is C22H21ClN4O3. The van der Waals surface area contributed by atoms with Gasteiger partial charge in [-0.3, -0.25) is 9.59 Å². The molecular weight excluding hydrogens is 404 g/mol. The summed E-state index contributed by atoms with van der Waals surface area (Å²) in [7, 11) is 1.54. The number of amides is 1. The van der Waals surface area contributed by atoms with Gasteiger partial charge in [0.1, 0.15) is 11.2 Å². The third-order valence-corrected chi connectivity index (χ3v) is 6.13. The summed E-state index contributed by atoms with van der Waals surface area (Å²) in [6, 6.07) is 5.67. The van der Waals surface area contributed by atoms with Crippen molar-refractivity contribution in [2.45, 2.75) is 31.2 Å². The molecule has 0 unspecified atom stereocenters. The molecule has 1 amide bonds. The Balaban J connectivity index is 1.60. The first-order valence-electron chi connectivity index (χ1n) is 9.84. The van der Waals surface area contributed by atoms with Crippen molar-refractivity contribution in [2.75, 3.05) is 24.4 Å². The molecule has 0 radical (unpaired) electrons. The number of aromatic nitrogens is 2. The van der Waals surface area contributed by atoms with Crippen molar-refractivity contribution >= 4 is 45.7 Å². The van der Waals surface area contributed by atoms with Crippen molar-refractivity contribution in [3.05, 3.63) is 52.3 Å². The molecule has 0 saturated heterocycles. The van der Waals surface area contributed by atoms with Gasteiger partial charge in [-0.15, -0.1) is 0 Å². The number of nitrogens with zero attached hydrogens (tertiary/aromatic N) is 1. The fourth-order valence-corrected chi connectivity index (χ4v) is 4.29. The number of rotatable bonds is 5. The minimum atomic E-state index is -0.975. The van der Waals surface area contributed by atoms with Gasteiger partial charge in [-0.25, -0.2) is 4.98 Å². The molecule has 2 aromatic heterocycles. The van der Waals surface area contributed by atoms with Gasteiger partial charge in [-0.05, 0) is 43.4 Å². The molecule has 0 bridgehead atoms. The van der Waals surface area contributed by atoms with Crippen LogP contribution in [-0.2, 0) is 9.53 Å². The zero-order valence-corrected chi connectivity index (χ0v) is 17.4. The van der Waals surface area contributed by atoms with Gasteiger partial charge in [-0.2, -0.15) is 0 Å². The predicted octanol–water partition coefficient (Wildman–Crippen LogP) is 4.09. The lowest BCUT2D eigenvalue weighted by molar-refractivity contribution is -0.121. The van der Waals surface area contributed by atoms with Crippen molar-refractivity contribution in [3.8, 4) is 0 Å². The predicted molar refractivity (Wildman–Crippen MR) is 115 cm³/mol. The van der Waals surface area contributed by atoms with E-state index in [1.165, 1.54) is 25.5 Å². The smallest absolute Gasteiger partial charge is 0.252 e. The number of ketones is 1. The van der Waals surface area contributed by atoms with Crippen LogP contribution in [0.5, 0.6) is 0 Å². The van der Waals surface area contributed by atoms with E-state index in [4.69, 9.17) is 16.3 Å². The number of benzene rings is 1. The standard InChI is InChI=1S/C22H21ClN4O3/c1-22(10-30-2)21(29)26-16-9-25-20-17(18(16)27-22)14(8-24-20)19(28)13-6-5-12(7-15(13)23)11-3-4-11/h5-9,11,27H,3-4,10H2,1-2H3,(H,24,25)(H,26,29)/t22-/m0/s1. The highest BCUT2D eigenvalue weighted by Gasteiger charge is 2.39. The summed E-state index contributed by atoms with van der Waals surface area (Å²) in [6.45, 7) is 1.92. The number of H-pyrrole nitrogens is 1. The summed E-state index contributed by atoms with van der Waals surface area (Å²) in [5.74, 6) is 0.137. The Morgan fingerprint density at radius 3 is 2.83 bits per heavy atom. The van der Waals surface area contributed by atoms with Gasteiger partial charge in [0.2, 0.25) is 0 Å². The summed E-state index contributed by atoms with van der Waals surface area (Å²) in [6.07, 6.45) is 5.54. The van der Waals surface area contributed by atoms with Crippen LogP contribution in [0.25, 0.3) is 11.0 Å². The first-order chi connectivity index (χ1) is 14.4. The van der Waals surface area contributed by atoms with Crippen LogP contribution in [0.2, 0.25) is 5.02 Å². The van der Waals surface area contributed by atoms with Gasteiger partial charge in [0.25, 0.3) is 5.91 Å². The van der Waals surface area contributed by atoms with Gasteiger partial charge in [0, 0.05) is 18.9 Å². The fraction of sp³-hybridized carbons (Fsp3) is 0.318. The Hall–Kier alpha value is -2.90. The van der Waals surface area contributed by atoms with E-state index in [2.05, 4.69) is 20.6 Å². The number of methoxy groups -OCH3 is 1. The molecule has 3 heterocycles. The molecule has 154 valence electrons. The molecule has 1 aliphatic heterocycles. The molecule has 1 fully saturated rings. The Morgan fingerprint density at radius 1 is 1.33 bits per heavy atom. The maximum absolute atomic E-state index is 13.4. The number of fused-ring (bicyclic) bond motifs is 3. The van der Waals surface area contributed by atoms with Gasteiger partial charge in [0.05, 0.1) is 40.2 Å². The van der Waals surface area contributed by atoms with Crippen LogP contribution < -0.4 is 10.6 Å². The number of nitrogens with one attached hydrogen (secondary N) is 3. The van der Waals surface area contributed by atoms with E-state index in [-0.39, 0.29) is 18.3 Å². The number of carbonyl (C=O) groups excluding carboxylic acids is 2. The second-order valence-electron chi connectivity index (χ2n) is 8.16. The number of hydrogen-bond acceptors (Lipinski definition) is 5. The zero-order valence-electron chi connectivity index (χ0n) is 16.6. The average molecular weight is 425 g/mol. The topological polar surface area (TPSA) is 96.1 Å². The molecule has 30 heavy (non-hydrogen) atoms. The van der Waals surface area contributed by atoms with Crippen molar-refractivity contribution in [1.29, 1.82) is 0 Å². The second kappa shape index (κ2) is 6.82. The Bertz CT molecular complexity index is 1200. The monoisotopic (exact) mass is 424 g/mol. The lowest BCUT2D eigenvalue weighted by Crippen LogP contribution is -2.53. The number of halogens is 1. The van der Waals surface area contributed by atoms with Crippen LogP contribution in [0, 0.1) is 0 Å². The summed E-state index contributed by atoms with van der Waals surface area (Å²) < 4.78 is 5.23. The van der Waals surface area contributed by atoms with Gasteiger partial charge in [-0.1, -0.05) is 17.7 Å². The van der Waals surface area contributed by atoms with E-state index < -0.39 is 5.54 Å². The largest absolute Gasteiger partial charge is 0.382 e. The van der Waals surface area contributed by atoms with E-state index in [1.807, 2.05) is 12.1 Å². The molecule has 2 aliphatic rings. The summed E-state index contributed by atoms with van der Waals surface area (Å²) in [4.78, 5) is 33.4. The normalized spacial score (nSPS) is 20.6. The molecule has 1 aromatic carbocycles. The van der Waals surface area contributed by atoms with Crippen LogP contribution in [0.1, 0.15) is 47.2 Å². The lowest BCUT2D eigenvalue weighted by Gasteiger charge is -2.35. The van der Waals surface area contributed by atoms with Crippen LogP contribution in [0.3, 0.4) is 0 Å². The van der Waals surface area contributed by atoms with Crippen molar-refractivity contribution in [2.24, 2.45) is 0 Å². The fourth-order valence-electron chi connectivity index (χ4n) is 4.01. The van der Waals surface area contributed by atoms with Crippen LogP contribution in [0.15, 0.2) is 30.6 Å². The number of pyridine rings is 1. The molecule has 0 spiro atoms. The molecule has 8 heteroatoms. The van der Waals surface area contributed by atoms with Crippen LogP contribution in [-0.4, -0.2) is 40.9 Å². The van der Waals surface area contributed by atoms with E-state index in [0.717, 1.165) is 0 Å². The SMILES string of the molecule is COC[C@]1(C)Nc2c(cnc3[nH]cc(C(=O)c4ccc(C5CC5)cc4Cl)c23)NC1=O. The number of hydrogen-bond donors (Lipinski definition) is 3. The van der Waals surface area contributed by atoms with Crippen molar-refractivity contribution in [3.63, 3.8) is 0 Å². The lowest BCUT2D eigenvalue weighted by atomic mass is 9.95. The number of carbonyl (C=O) groups is 2. The summed E-state index contributed by atoms with van der Waals surface area (Å²) >= 11 is 6.48. The van der Waals surface area contributed by atoms with Crippen LogP contribution in [0.4, 0.5) is 11.4 Å². The van der Waals surface area contributed by atoms with E-state index in [0.29, 0.717) is 44.5 Å². The maximum atomic E-state index is 13.4. The van der Waals surface area contributed by atoms with Crippen LogP contribution >= 0.6 is 11.6 Å². The number of aromatic amines is 1. The Morgan fingerprint density at radius 2 is 2.13 bits per heavy atom. The molecule has 1 atom stereocenters. The Labute approximate surface area is 178 Å². The molecule has 7 nitrogen and oxygen atoms in total. The van der Waals surface area contributed by atoms with Gasteiger partial charge >= 0.3 is 0 Å². The van der Waals surface area contributed by atoms with Gasteiger partial charge in [0.15, 0.2) is 5.78 Å². The highest BCUT2D eigenvalue weighted by atomic mass is 35.5. The minimum absolute atomic E-state index is 0.171. The number of ether oxygens (including phenoxy) is 1. The van der Waals surface area contributed by atoms with E-state index in [1.54, 1.807) is 25.4 Å².